The Morgan fingerprint density at radius 1 is 1.11 bits per heavy atom. The number of imidazole rings is 1. The molecule has 16 nitrogen and oxygen atoms in total. The molecule has 2 aromatic heterocycles. The normalized spacial score (nSPS) is 22.3. The zero-order valence-electron chi connectivity index (χ0n) is 19.1. The average Bonchev–Trinajstić information content (AvgIpc) is 3.37. The van der Waals surface area contributed by atoms with Gasteiger partial charge in [-0.25, -0.2) is 15.0 Å². The largest absolute Gasteiger partial charge is 0.481 e. The van der Waals surface area contributed by atoms with E-state index in [0.29, 0.717) is 19.3 Å². The van der Waals surface area contributed by atoms with Gasteiger partial charge in [0, 0.05) is 13.0 Å². The van der Waals surface area contributed by atoms with E-state index in [4.69, 9.17) is 21.3 Å². The summed E-state index contributed by atoms with van der Waals surface area (Å²) in [6.45, 7) is 0.217. The van der Waals surface area contributed by atoms with Crippen LogP contribution in [0.2, 0.25) is 0 Å². The summed E-state index contributed by atoms with van der Waals surface area (Å²) in [5, 5.41) is 34.4. The molecule has 0 spiro atoms. The Balaban J connectivity index is 1.42. The standard InChI is InChI=1S/C20H28N8O8/c21-16-12-18(25-7-24-16)28(8-26-12)20-14(33)13(32)15(36-20)19(35)23-5-3-1-2-4-10(29)27-9(17(22)34)6-11(30)31/h7-9,13-15,20,32-33H,1-6H2,(H2,22,34)(H,23,35)(H,27,29)(H,30,31)(H2,21,24,25)/t9-,13+,14-,15+,20-/m1/s1. The number of anilines is 1. The Morgan fingerprint density at radius 3 is 2.56 bits per heavy atom. The fourth-order valence-corrected chi connectivity index (χ4v) is 3.73. The molecule has 0 radical (unpaired) electrons. The fourth-order valence-electron chi connectivity index (χ4n) is 3.73. The number of nitrogens with one attached hydrogen (secondary N) is 2. The van der Waals surface area contributed by atoms with Crippen LogP contribution < -0.4 is 22.1 Å². The average molecular weight is 508 g/mol. The van der Waals surface area contributed by atoms with Crippen molar-refractivity contribution in [1.82, 2.24) is 30.2 Å². The minimum Gasteiger partial charge on any atom is -0.481 e. The Labute approximate surface area is 204 Å². The topological polar surface area (TPSA) is 258 Å². The minimum atomic E-state index is -1.50. The predicted octanol–water partition coefficient (Wildman–Crippen LogP) is -2.85. The van der Waals surface area contributed by atoms with Crippen LogP contribution in [0.25, 0.3) is 11.2 Å². The molecule has 3 heterocycles. The van der Waals surface area contributed by atoms with Gasteiger partial charge in [-0.2, -0.15) is 0 Å². The second kappa shape index (κ2) is 11.7. The highest BCUT2D eigenvalue weighted by Crippen LogP contribution is 2.32. The molecule has 1 aliphatic heterocycles. The number of amides is 3. The minimum absolute atomic E-state index is 0.0442. The molecule has 0 bridgehead atoms. The molecule has 1 saturated heterocycles. The number of carboxylic acids is 1. The van der Waals surface area contributed by atoms with Crippen LogP contribution in [0.5, 0.6) is 0 Å². The number of nitrogens with zero attached hydrogens (tertiary/aromatic N) is 4. The van der Waals surface area contributed by atoms with Gasteiger partial charge < -0.3 is 42.2 Å². The van der Waals surface area contributed by atoms with Gasteiger partial charge in [-0.15, -0.1) is 0 Å². The van der Waals surface area contributed by atoms with E-state index < -0.39 is 60.7 Å². The van der Waals surface area contributed by atoms with Crippen LogP contribution in [-0.2, 0) is 23.9 Å². The van der Waals surface area contributed by atoms with Crippen LogP contribution in [0.3, 0.4) is 0 Å². The lowest BCUT2D eigenvalue weighted by molar-refractivity contribution is -0.140. The van der Waals surface area contributed by atoms with Crippen molar-refractivity contribution in [3.05, 3.63) is 12.7 Å². The number of nitrogens with two attached hydrogens (primary N) is 2. The molecule has 0 aromatic carbocycles. The van der Waals surface area contributed by atoms with Crippen LogP contribution in [-0.4, -0.2) is 89.4 Å². The highest BCUT2D eigenvalue weighted by atomic mass is 16.6. The van der Waals surface area contributed by atoms with E-state index in [1.165, 1.54) is 17.2 Å². The third-order valence-corrected chi connectivity index (χ3v) is 5.60. The van der Waals surface area contributed by atoms with Gasteiger partial charge in [0.25, 0.3) is 5.91 Å². The SMILES string of the molecule is NC(=O)[C@@H](CC(=O)O)NC(=O)CCCCCNC(=O)[C@H]1O[C@@H](n2cnc3c(N)ncnc32)[C@H](O)[C@@H]1O. The lowest BCUT2D eigenvalue weighted by atomic mass is 10.1. The predicted molar refractivity (Wildman–Crippen MR) is 121 cm³/mol. The number of rotatable bonds is 12. The summed E-state index contributed by atoms with van der Waals surface area (Å²) in [4.78, 5) is 58.3. The van der Waals surface area contributed by atoms with E-state index in [1.807, 2.05) is 0 Å². The van der Waals surface area contributed by atoms with E-state index in [-0.39, 0.29) is 29.9 Å². The van der Waals surface area contributed by atoms with Crippen molar-refractivity contribution in [3.8, 4) is 0 Å². The van der Waals surface area contributed by atoms with E-state index in [0.717, 1.165) is 0 Å². The van der Waals surface area contributed by atoms with Crippen molar-refractivity contribution < 1.29 is 39.2 Å². The lowest BCUT2D eigenvalue weighted by Gasteiger charge is -2.16. The fraction of sp³-hybridized carbons (Fsp3) is 0.550. The third-order valence-electron chi connectivity index (χ3n) is 5.60. The Morgan fingerprint density at radius 2 is 1.86 bits per heavy atom. The van der Waals surface area contributed by atoms with Gasteiger partial charge in [-0.1, -0.05) is 6.42 Å². The number of hydrogen-bond acceptors (Lipinski definition) is 11. The number of fused-ring (bicyclic) bond motifs is 1. The van der Waals surface area contributed by atoms with Gasteiger partial charge in [-0.3, -0.25) is 23.7 Å². The maximum Gasteiger partial charge on any atom is 0.305 e. The van der Waals surface area contributed by atoms with Crippen molar-refractivity contribution in [1.29, 1.82) is 0 Å². The number of nitrogen functional groups attached to an aromatic ring is 1. The summed E-state index contributed by atoms with van der Waals surface area (Å²) in [7, 11) is 0. The summed E-state index contributed by atoms with van der Waals surface area (Å²) in [5.41, 5.74) is 11.4. The molecule has 1 aliphatic rings. The number of ether oxygens (including phenoxy) is 1. The first kappa shape index (κ1) is 26.7. The zero-order valence-corrected chi connectivity index (χ0v) is 19.1. The lowest BCUT2D eigenvalue weighted by Crippen LogP contribution is -2.45. The molecule has 1 fully saturated rings. The molecule has 196 valence electrons. The summed E-state index contributed by atoms with van der Waals surface area (Å²) < 4.78 is 6.97. The number of carbonyl (C=O) groups is 4. The first-order valence-corrected chi connectivity index (χ1v) is 11.1. The van der Waals surface area contributed by atoms with Gasteiger partial charge in [0.1, 0.15) is 30.1 Å². The molecule has 2 aromatic rings. The number of aliphatic hydroxyl groups is 2. The maximum atomic E-state index is 12.5. The molecular formula is C20H28N8O8. The van der Waals surface area contributed by atoms with Crippen molar-refractivity contribution in [2.75, 3.05) is 12.3 Å². The van der Waals surface area contributed by atoms with Crippen LogP contribution >= 0.6 is 0 Å². The maximum absolute atomic E-state index is 12.5. The van der Waals surface area contributed by atoms with Crippen molar-refractivity contribution in [3.63, 3.8) is 0 Å². The van der Waals surface area contributed by atoms with E-state index in [9.17, 15) is 29.4 Å². The number of carboxylic acid groups (broad SMARTS) is 1. The number of aliphatic hydroxyl groups excluding tert-OH is 2. The highest BCUT2D eigenvalue weighted by Gasteiger charge is 2.47. The smallest absolute Gasteiger partial charge is 0.305 e. The monoisotopic (exact) mass is 508 g/mol. The van der Waals surface area contributed by atoms with Gasteiger partial charge in [0.05, 0.1) is 12.7 Å². The third kappa shape index (κ3) is 6.21. The van der Waals surface area contributed by atoms with Gasteiger partial charge in [-0.05, 0) is 12.8 Å². The van der Waals surface area contributed by atoms with Crippen molar-refractivity contribution in [2.24, 2.45) is 5.73 Å². The number of aliphatic carboxylic acids is 1. The van der Waals surface area contributed by atoms with Gasteiger partial charge in [0.2, 0.25) is 11.8 Å². The molecule has 3 rings (SSSR count). The highest BCUT2D eigenvalue weighted by molar-refractivity contribution is 5.89. The van der Waals surface area contributed by atoms with Crippen LogP contribution in [0.4, 0.5) is 5.82 Å². The second-order valence-corrected chi connectivity index (χ2v) is 8.23. The molecule has 5 atom stereocenters. The molecule has 16 heteroatoms. The van der Waals surface area contributed by atoms with E-state index >= 15 is 0 Å². The molecule has 3 amide bonds. The van der Waals surface area contributed by atoms with Gasteiger partial charge >= 0.3 is 5.97 Å². The quantitative estimate of drug-likeness (QED) is 0.143. The number of aromatic nitrogens is 4. The summed E-state index contributed by atoms with van der Waals surface area (Å²) in [5.74, 6) is -3.20. The van der Waals surface area contributed by atoms with Crippen LogP contribution in [0, 0.1) is 0 Å². The van der Waals surface area contributed by atoms with Gasteiger partial charge in [0.15, 0.2) is 23.8 Å². The van der Waals surface area contributed by atoms with Crippen LogP contribution in [0.1, 0.15) is 38.3 Å². The second-order valence-electron chi connectivity index (χ2n) is 8.23. The van der Waals surface area contributed by atoms with E-state index in [1.54, 1.807) is 0 Å². The number of primary amides is 1. The van der Waals surface area contributed by atoms with Crippen LogP contribution in [0.15, 0.2) is 12.7 Å². The zero-order chi connectivity index (χ0) is 26.4. The number of unbranched alkanes of at least 4 members (excludes halogenated alkanes) is 2. The summed E-state index contributed by atoms with van der Waals surface area (Å²) in [6.07, 6.45) is -1.97. The number of hydrogen-bond donors (Lipinski definition) is 7. The first-order valence-electron chi connectivity index (χ1n) is 11.1. The molecule has 9 N–H and O–H groups in total. The molecular weight excluding hydrogens is 480 g/mol. The molecule has 36 heavy (non-hydrogen) atoms. The summed E-state index contributed by atoms with van der Waals surface area (Å²) >= 11 is 0. The van der Waals surface area contributed by atoms with Crippen molar-refractivity contribution in [2.45, 2.75) is 62.7 Å². The Hall–Kier alpha value is -3.89. The first-order chi connectivity index (χ1) is 17.1. The Kier molecular flexibility index (Phi) is 8.68. The van der Waals surface area contributed by atoms with E-state index in [2.05, 4.69) is 25.6 Å². The molecule has 0 saturated carbocycles. The number of carbonyl (C=O) groups excluding carboxylic acids is 3. The van der Waals surface area contributed by atoms with Crippen molar-refractivity contribution >= 4 is 40.7 Å². The molecule has 0 unspecified atom stereocenters. The molecule has 0 aliphatic carbocycles. The summed E-state index contributed by atoms with van der Waals surface area (Å²) in [6, 6.07) is -1.28. The Bertz CT molecular complexity index is 1120.